The van der Waals surface area contributed by atoms with Crippen molar-refractivity contribution < 1.29 is 9.53 Å². The number of benzene rings is 1. The van der Waals surface area contributed by atoms with Crippen molar-refractivity contribution in [3.8, 4) is 0 Å². The SMILES string of the molecule is C=CCNC(=S)Nc1ccc(C(=O)OCC)c(Cl)c1. The lowest BCUT2D eigenvalue weighted by Gasteiger charge is -2.10. The standard InChI is InChI=1S/C13H15ClN2O2S/c1-3-7-15-13(19)16-9-5-6-10(11(14)8-9)12(17)18-4-2/h3,5-6,8H,1,4,7H2,2H3,(H2,15,16,19). The molecule has 1 aromatic rings. The Morgan fingerprint density at radius 1 is 1.58 bits per heavy atom. The average molecular weight is 299 g/mol. The predicted octanol–water partition coefficient (Wildman–Crippen LogP) is 2.99. The van der Waals surface area contributed by atoms with Crippen molar-refractivity contribution in [3.05, 3.63) is 41.4 Å². The van der Waals surface area contributed by atoms with Crippen LogP contribution in [0.3, 0.4) is 0 Å². The van der Waals surface area contributed by atoms with Gasteiger partial charge in [-0.3, -0.25) is 0 Å². The highest BCUT2D eigenvalue weighted by molar-refractivity contribution is 7.80. The highest BCUT2D eigenvalue weighted by Crippen LogP contribution is 2.21. The van der Waals surface area contributed by atoms with E-state index in [4.69, 9.17) is 28.6 Å². The third-order valence-electron chi connectivity index (χ3n) is 2.13. The van der Waals surface area contributed by atoms with Crippen molar-refractivity contribution in [1.29, 1.82) is 0 Å². The topological polar surface area (TPSA) is 50.4 Å². The largest absolute Gasteiger partial charge is 0.462 e. The van der Waals surface area contributed by atoms with Gasteiger partial charge in [-0.05, 0) is 37.3 Å². The minimum absolute atomic E-state index is 0.310. The Morgan fingerprint density at radius 3 is 2.89 bits per heavy atom. The Balaban J connectivity index is 2.73. The molecule has 0 saturated carbocycles. The second kappa shape index (κ2) is 7.76. The van der Waals surface area contributed by atoms with Crippen LogP contribution in [0.2, 0.25) is 5.02 Å². The number of ether oxygens (including phenoxy) is 1. The number of carbonyl (C=O) groups excluding carboxylic acids is 1. The van der Waals surface area contributed by atoms with Crippen molar-refractivity contribution in [2.75, 3.05) is 18.5 Å². The molecule has 2 N–H and O–H groups in total. The molecular weight excluding hydrogens is 284 g/mol. The summed E-state index contributed by atoms with van der Waals surface area (Å²) in [7, 11) is 0. The van der Waals surface area contributed by atoms with Crippen LogP contribution in [0.15, 0.2) is 30.9 Å². The zero-order chi connectivity index (χ0) is 14.3. The summed E-state index contributed by atoms with van der Waals surface area (Å²) in [5.74, 6) is -0.439. The molecule has 0 fully saturated rings. The minimum Gasteiger partial charge on any atom is -0.462 e. The first-order valence-electron chi connectivity index (χ1n) is 5.71. The first-order valence-corrected chi connectivity index (χ1v) is 6.49. The van der Waals surface area contributed by atoms with Gasteiger partial charge in [-0.15, -0.1) is 6.58 Å². The quantitative estimate of drug-likeness (QED) is 0.497. The molecule has 0 aliphatic carbocycles. The summed E-state index contributed by atoms with van der Waals surface area (Å²) in [6.07, 6.45) is 1.70. The number of halogens is 1. The lowest BCUT2D eigenvalue weighted by Crippen LogP contribution is -2.28. The van der Waals surface area contributed by atoms with E-state index in [0.717, 1.165) is 0 Å². The summed E-state index contributed by atoms with van der Waals surface area (Å²) in [6.45, 7) is 6.20. The molecule has 102 valence electrons. The van der Waals surface area contributed by atoms with Crippen LogP contribution in [0.5, 0.6) is 0 Å². The molecule has 0 saturated heterocycles. The molecule has 0 aromatic heterocycles. The van der Waals surface area contributed by atoms with Gasteiger partial charge >= 0.3 is 5.97 Å². The van der Waals surface area contributed by atoms with E-state index in [1.807, 2.05) is 0 Å². The number of esters is 1. The average Bonchev–Trinajstić information content (AvgIpc) is 2.36. The van der Waals surface area contributed by atoms with Gasteiger partial charge in [0.2, 0.25) is 0 Å². The summed E-state index contributed by atoms with van der Waals surface area (Å²) < 4.78 is 4.89. The maximum absolute atomic E-state index is 11.6. The van der Waals surface area contributed by atoms with Crippen LogP contribution in [-0.2, 0) is 4.74 Å². The Morgan fingerprint density at radius 2 is 2.32 bits per heavy atom. The molecule has 4 nitrogen and oxygen atoms in total. The van der Waals surface area contributed by atoms with E-state index >= 15 is 0 Å². The molecule has 1 aromatic carbocycles. The van der Waals surface area contributed by atoms with E-state index in [2.05, 4.69) is 17.2 Å². The van der Waals surface area contributed by atoms with Crippen molar-refractivity contribution in [2.45, 2.75) is 6.92 Å². The zero-order valence-electron chi connectivity index (χ0n) is 10.5. The maximum atomic E-state index is 11.6. The molecule has 1 rings (SSSR count). The van der Waals surface area contributed by atoms with Gasteiger partial charge in [-0.2, -0.15) is 0 Å². The third kappa shape index (κ3) is 4.89. The normalized spacial score (nSPS) is 9.58. The number of carbonyl (C=O) groups is 1. The van der Waals surface area contributed by atoms with Crippen molar-refractivity contribution in [1.82, 2.24) is 5.32 Å². The van der Waals surface area contributed by atoms with Gasteiger partial charge in [0.05, 0.1) is 17.2 Å². The number of nitrogens with one attached hydrogen (secondary N) is 2. The molecule has 19 heavy (non-hydrogen) atoms. The fourth-order valence-electron chi connectivity index (χ4n) is 1.31. The van der Waals surface area contributed by atoms with Crippen LogP contribution in [0.1, 0.15) is 17.3 Å². The summed E-state index contributed by atoms with van der Waals surface area (Å²) in [5, 5.41) is 6.65. The van der Waals surface area contributed by atoms with Gasteiger partial charge in [0.15, 0.2) is 5.11 Å². The molecule has 0 unspecified atom stereocenters. The Labute approximate surface area is 122 Å². The molecule has 0 aliphatic rings. The fourth-order valence-corrected chi connectivity index (χ4v) is 1.77. The van der Waals surface area contributed by atoms with Crippen LogP contribution in [0, 0.1) is 0 Å². The van der Waals surface area contributed by atoms with Crippen LogP contribution in [0.25, 0.3) is 0 Å². The van der Waals surface area contributed by atoms with Crippen LogP contribution in [-0.4, -0.2) is 24.2 Å². The van der Waals surface area contributed by atoms with Crippen molar-refractivity contribution in [3.63, 3.8) is 0 Å². The van der Waals surface area contributed by atoms with Crippen molar-refractivity contribution >= 4 is 40.6 Å². The highest BCUT2D eigenvalue weighted by Gasteiger charge is 2.11. The van der Waals surface area contributed by atoms with Gasteiger partial charge in [-0.25, -0.2) is 4.79 Å². The molecule has 6 heteroatoms. The van der Waals surface area contributed by atoms with Crippen LogP contribution < -0.4 is 10.6 Å². The van der Waals surface area contributed by atoms with Crippen LogP contribution in [0.4, 0.5) is 5.69 Å². The van der Waals surface area contributed by atoms with E-state index in [1.165, 1.54) is 0 Å². The van der Waals surface area contributed by atoms with Gasteiger partial charge in [-0.1, -0.05) is 17.7 Å². The van der Waals surface area contributed by atoms with Crippen LogP contribution >= 0.6 is 23.8 Å². The molecule has 0 spiro atoms. The van der Waals surface area contributed by atoms with Gasteiger partial charge in [0.25, 0.3) is 0 Å². The fraction of sp³-hybridized carbons (Fsp3) is 0.231. The van der Waals surface area contributed by atoms with Gasteiger partial charge in [0, 0.05) is 12.2 Å². The lowest BCUT2D eigenvalue weighted by atomic mass is 10.2. The Bertz CT molecular complexity index is 492. The smallest absolute Gasteiger partial charge is 0.339 e. The number of rotatable bonds is 5. The second-order valence-electron chi connectivity index (χ2n) is 3.54. The Kier molecular flexibility index (Phi) is 6.32. The minimum atomic E-state index is -0.439. The molecule has 0 atom stereocenters. The van der Waals surface area contributed by atoms with Crippen molar-refractivity contribution in [2.24, 2.45) is 0 Å². The number of hydrogen-bond acceptors (Lipinski definition) is 3. The zero-order valence-corrected chi connectivity index (χ0v) is 12.1. The molecule has 0 aliphatic heterocycles. The Hall–Kier alpha value is -1.59. The monoisotopic (exact) mass is 298 g/mol. The number of hydrogen-bond donors (Lipinski definition) is 2. The summed E-state index contributed by atoms with van der Waals surface area (Å²) in [5.41, 5.74) is 1.03. The summed E-state index contributed by atoms with van der Waals surface area (Å²) in [4.78, 5) is 11.6. The number of thiocarbonyl (C=S) groups is 1. The van der Waals surface area contributed by atoms with E-state index in [0.29, 0.717) is 34.5 Å². The first-order chi connectivity index (χ1) is 9.08. The molecule has 0 bridgehead atoms. The maximum Gasteiger partial charge on any atom is 0.339 e. The van der Waals surface area contributed by atoms with Gasteiger partial charge in [0.1, 0.15) is 0 Å². The molecule has 0 amide bonds. The second-order valence-corrected chi connectivity index (χ2v) is 4.35. The molecular formula is C13H15ClN2O2S. The summed E-state index contributed by atoms with van der Waals surface area (Å²) in [6, 6.07) is 4.93. The molecule has 0 radical (unpaired) electrons. The van der Waals surface area contributed by atoms with E-state index in [-0.39, 0.29) is 0 Å². The van der Waals surface area contributed by atoms with Gasteiger partial charge < -0.3 is 15.4 Å². The van der Waals surface area contributed by atoms with E-state index in [1.54, 1.807) is 31.2 Å². The first kappa shape index (κ1) is 15.5. The molecule has 0 heterocycles. The third-order valence-corrected chi connectivity index (χ3v) is 2.69. The predicted molar refractivity (Wildman–Crippen MR) is 81.8 cm³/mol. The highest BCUT2D eigenvalue weighted by atomic mass is 35.5. The van der Waals surface area contributed by atoms with E-state index < -0.39 is 5.97 Å². The van der Waals surface area contributed by atoms with E-state index in [9.17, 15) is 4.79 Å². The lowest BCUT2D eigenvalue weighted by molar-refractivity contribution is 0.0526. The summed E-state index contributed by atoms with van der Waals surface area (Å²) >= 11 is 11.1. The number of anilines is 1.